The zero-order valence-electron chi connectivity index (χ0n) is 14.5. The van der Waals surface area contributed by atoms with E-state index in [1.165, 1.54) is 6.42 Å². The second kappa shape index (κ2) is 7.70. The van der Waals surface area contributed by atoms with E-state index in [0.717, 1.165) is 44.6 Å². The van der Waals surface area contributed by atoms with Crippen LogP contribution >= 0.6 is 11.6 Å². The number of hydrogen-bond donors (Lipinski definition) is 1. The number of aromatic nitrogens is 1. The molecule has 3 rings (SSSR count). The van der Waals surface area contributed by atoms with E-state index in [9.17, 15) is 4.79 Å². The molecule has 0 bridgehead atoms. The molecule has 24 heavy (non-hydrogen) atoms. The van der Waals surface area contributed by atoms with Crippen LogP contribution in [-0.2, 0) is 4.79 Å². The van der Waals surface area contributed by atoms with Crippen LogP contribution in [0.2, 0.25) is 5.02 Å². The summed E-state index contributed by atoms with van der Waals surface area (Å²) in [5.41, 5.74) is 0. The van der Waals surface area contributed by atoms with Gasteiger partial charge in [0.05, 0.1) is 5.02 Å². The van der Waals surface area contributed by atoms with Crippen LogP contribution in [0.5, 0.6) is 0 Å². The lowest BCUT2D eigenvalue weighted by molar-refractivity contribution is -0.126. The van der Waals surface area contributed by atoms with Crippen LogP contribution in [-0.4, -0.2) is 55.1 Å². The maximum absolute atomic E-state index is 12.5. The third-order valence-corrected chi connectivity index (χ3v) is 5.61. The minimum absolute atomic E-state index is 0.131. The number of amides is 1. The van der Waals surface area contributed by atoms with Gasteiger partial charge in [0.25, 0.3) is 0 Å². The number of carbonyl (C=O) groups excluding carboxylic acids is 1. The van der Waals surface area contributed by atoms with E-state index < -0.39 is 0 Å². The van der Waals surface area contributed by atoms with Crippen molar-refractivity contribution < 1.29 is 4.79 Å². The van der Waals surface area contributed by atoms with E-state index >= 15 is 0 Å². The number of nitrogens with one attached hydrogen (secondary N) is 1. The minimum Gasteiger partial charge on any atom is -0.357 e. The Kier molecular flexibility index (Phi) is 5.61. The molecule has 0 radical (unpaired) electrons. The van der Waals surface area contributed by atoms with Gasteiger partial charge in [-0.3, -0.25) is 4.79 Å². The highest BCUT2D eigenvalue weighted by atomic mass is 35.5. The van der Waals surface area contributed by atoms with Crippen LogP contribution < -0.4 is 10.2 Å². The van der Waals surface area contributed by atoms with Gasteiger partial charge in [0.2, 0.25) is 5.91 Å². The molecule has 2 aliphatic rings. The highest BCUT2D eigenvalue weighted by Gasteiger charge is 2.31. The molecule has 1 aliphatic carbocycles. The monoisotopic (exact) mass is 350 g/mol. The summed E-state index contributed by atoms with van der Waals surface area (Å²) in [5, 5.41) is 3.93. The molecule has 1 N–H and O–H groups in total. The topological polar surface area (TPSA) is 48.5 Å². The van der Waals surface area contributed by atoms with Crippen molar-refractivity contribution in [2.75, 3.05) is 32.1 Å². The van der Waals surface area contributed by atoms with E-state index in [-0.39, 0.29) is 11.8 Å². The van der Waals surface area contributed by atoms with Crippen molar-refractivity contribution in [2.45, 2.75) is 44.2 Å². The molecule has 132 valence electrons. The number of nitrogens with zero attached hydrogens (tertiary/aromatic N) is 3. The van der Waals surface area contributed by atoms with Crippen LogP contribution in [0.4, 0.5) is 5.82 Å². The fourth-order valence-corrected chi connectivity index (χ4v) is 3.91. The standard InChI is InChI=1S/C18H27ClN4O/c1-22(2)16-5-4-15(11-16)21-18(24)13-7-9-23(10-8-13)17-6-3-14(19)12-20-17/h3,6,12-13,15-16H,4-5,7-11H2,1-2H3,(H,21,24)/t15-,16-/m0/s1. The maximum atomic E-state index is 12.5. The first-order chi connectivity index (χ1) is 11.5. The Bertz CT molecular complexity index is 555. The number of halogens is 1. The summed E-state index contributed by atoms with van der Waals surface area (Å²) in [4.78, 5) is 21.4. The highest BCUT2D eigenvalue weighted by molar-refractivity contribution is 6.30. The molecule has 1 saturated carbocycles. The fourth-order valence-electron chi connectivity index (χ4n) is 3.80. The molecule has 1 aliphatic heterocycles. The lowest BCUT2D eigenvalue weighted by atomic mass is 9.95. The van der Waals surface area contributed by atoms with Gasteiger partial charge in [-0.1, -0.05) is 11.6 Å². The second-order valence-electron chi connectivity index (χ2n) is 7.23. The number of pyridine rings is 1. The molecule has 0 aromatic carbocycles. The van der Waals surface area contributed by atoms with Gasteiger partial charge >= 0.3 is 0 Å². The lowest BCUT2D eigenvalue weighted by Gasteiger charge is -2.32. The largest absolute Gasteiger partial charge is 0.357 e. The Morgan fingerprint density at radius 2 is 2.00 bits per heavy atom. The predicted molar refractivity (Wildman–Crippen MR) is 97.4 cm³/mol. The SMILES string of the molecule is CN(C)[C@H]1CC[C@H](NC(=O)C2CCN(c3ccc(Cl)cn3)CC2)C1. The summed E-state index contributed by atoms with van der Waals surface area (Å²) in [6.07, 6.45) is 6.81. The van der Waals surface area contributed by atoms with Crippen LogP contribution in [0.1, 0.15) is 32.1 Å². The Balaban J connectivity index is 1.46. The second-order valence-corrected chi connectivity index (χ2v) is 7.67. The number of piperidine rings is 1. The summed E-state index contributed by atoms with van der Waals surface area (Å²) >= 11 is 5.89. The summed E-state index contributed by atoms with van der Waals surface area (Å²) < 4.78 is 0. The summed E-state index contributed by atoms with van der Waals surface area (Å²) in [5.74, 6) is 1.32. The molecule has 5 nitrogen and oxygen atoms in total. The third kappa shape index (κ3) is 4.19. The van der Waals surface area contributed by atoms with Crippen molar-refractivity contribution in [3.63, 3.8) is 0 Å². The number of carbonyl (C=O) groups is 1. The Labute approximate surface area is 149 Å². The molecule has 1 amide bonds. The number of hydrogen-bond acceptors (Lipinski definition) is 4. The molecular weight excluding hydrogens is 324 g/mol. The van der Waals surface area contributed by atoms with Crippen LogP contribution in [0, 0.1) is 5.92 Å². The lowest BCUT2D eigenvalue weighted by Crippen LogP contribution is -2.43. The van der Waals surface area contributed by atoms with Crippen LogP contribution in [0.25, 0.3) is 0 Å². The third-order valence-electron chi connectivity index (χ3n) is 5.38. The average Bonchev–Trinajstić information content (AvgIpc) is 3.04. The zero-order valence-corrected chi connectivity index (χ0v) is 15.3. The van der Waals surface area contributed by atoms with Gasteiger partial charge in [-0.15, -0.1) is 0 Å². The zero-order chi connectivity index (χ0) is 17.1. The van der Waals surface area contributed by atoms with Gasteiger partial charge in [-0.2, -0.15) is 0 Å². The van der Waals surface area contributed by atoms with Crippen LogP contribution in [0.3, 0.4) is 0 Å². The first-order valence-corrected chi connectivity index (χ1v) is 9.24. The molecule has 0 spiro atoms. The summed E-state index contributed by atoms with van der Waals surface area (Å²) in [7, 11) is 4.24. The van der Waals surface area contributed by atoms with Crippen molar-refractivity contribution in [3.05, 3.63) is 23.4 Å². The maximum Gasteiger partial charge on any atom is 0.223 e. The van der Waals surface area contributed by atoms with Crippen molar-refractivity contribution in [2.24, 2.45) is 5.92 Å². The number of rotatable bonds is 4. The van der Waals surface area contributed by atoms with Gasteiger partial charge in [0.1, 0.15) is 5.82 Å². The highest BCUT2D eigenvalue weighted by Crippen LogP contribution is 2.25. The molecule has 0 unspecified atom stereocenters. The van der Waals surface area contributed by atoms with Gasteiger partial charge < -0.3 is 15.1 Å². The van der Waals surface area contributed by atoms with Gasteiger partial charge in [0.15, 0.2) is 0 Å². The summed E-state index contributed by atoms with van der Waals surface area (Å²) in [6.45, 7) is 1.75. The van der Waals surface area contributed by atoms with Crippen molar-refractivity contribution >= 4 is 23.3 Å². The van der Waals surface area contributed by atoms with E-state index in [0.29, 0.717) is 17.1 Å². The molecule has 2 heterocycles. The Morgan fingerprint density at radius 1 is 1.25 bits per heavy atom. The first-order valence-electron chi connectivity index (χ1n) is 8.86. The molecule has 1 aromatic heterocycles. The first kappa shape index (κ1) is 17.5. The quantitative estimate of drug-likeness (QED) is 0.906. The van der Waals surface area contributed by atoms with Gasteiger partial charge in [0, 0.05) is 37.3 Å². The normalized spacial score (nSPS) is 25.2. The van der Waals surface area contributed by atoms with Crippen LogP contribution in [0.15, 0.2) is 18.3 Å². The van der Waals surface area contributed by atoms with E-state index in [1.807, 2.05) is 12.1 Å². The minimum atomic E-state index is 0.131. The van der Waals surface area contributed by atoms with Gasteiger partial charge in [-0.05, 0) is 58.3 Å². The van der Waals surface area contributed by atoms with Gasteiger partial charge in [-0.25, -0.2) is 4.98 Å². The molecule has 2 atom stereocenters. The van der Waals surface area contributed by atoms with E-state index in [1.54, 1.807) is 6.20 Å². The molecular formula is C18H27ClN4O. The van der Waals surface area contributed by atoms with E-state index in [4.69, 9.17) is 11.6 Å². The fraction of sp³-hybridized carbons (Fsp3) is 0.667. The Hall–Kier alpha value is -1.33. The predicted octanol–water partition coefficient (Wildman–Crippen LogP) is 2.55. The van der Waals surface area contributed by atoms with Crippen molar-refractivity contribution in [1.82, 2.24) is 15.2 Å². The smallest absolute Gasteiger partial charge is 0.223 e. The van der Waals surface area contributed by atoms with Crippen molar-refractivity contribution in [3.8, 4) is 0 Å². The van der Waals surface area contributed by atoms with E-state index in [2.05, 4.69) is 34.2 Å². The number of anilines is 1. The molecule has 1 aromatic rings. The average molecular weight is 351 g/mol. The molecule has 6 heteroatoms. The summed E-state index contributed by atoms with van der Waals surface area (Å²) in [6, 6.07) is 4.76. The van der Waals surface area contributed by atoms with Crippen molar-refractivity contribution in [1.29, 1.82) is 0 Å². The Morgan fingerprint density at radius 3 is 2.58 bits per heavy atom. The molecule has 2 fully saturated rings. The molecule has 1 saturated heterocycles.